The largest absolute Gasteiger partial charge is 0.486 e. The van der Waals surface area contributed by atoms with Crippen molar-refractivity contribution in [2.75, 3.05) is 27.1 Å². The molecule has 1 aromatic heterocycles. The molecule has 3 aromatic rings. The molecule has 166 valence electrons. The predicted octanol–water partition coefficient (Wildman–Crippen LogP) is 3.25. The fourth-order valence-corrected chi connectivity index (χ4v) is 4.19. The summed E-state index contributed by atoms with van der Waals surface area (Å²) in [5.41, 5.74) is 2.25. The van der Waals surface area contributed by atoms with Crippen LogP contribution in [0, 0.1) is 6.92 Å². The minimum Gasteiger partial charge on any atom is -0.486 e. The lowest BCUT2D eigenvalue weighted by atomic mass is 10.00. The van der Waals surface area contributed by atoms with E-state index in [9.17, 15) is 9.59 Å². The monoisotopic (exact) mass is 437 g/mol. The second-order valence-electron chi connectivity index (χ2n) is 7.86. The molecule has 1 atom stereocenters. The van der Waals surface area contributed by atoms with Gasteiger partial charge in [0.1, 0.15) is 43.1 Å². The number of esters is 1. The van der Waals surface area contributed by atoms with E-state index in [1.807, 2.05) is 11.0 Å². The Balaban J connectivity index is 1.60. The molecule has 0 amide bonds. The number of carbonyl (C=O) groups is 1. The third-order valence-electron chi connectivity index (χ3n) is 5.96. The van der Waals surface area contributed by atoms with Gasteiger partial charge in [0.2, 0.25) is 5.43 Å². The molecule has 0 unspecified atom stereocenters. The third-order valence-corrected chi connectivity index (χ3v) is 5.96. The summed E-state index contributed by atoms with van der Waals surface area (Å²) in [4.78, 5) is 27.3. The normalized spacial score (nSPS) is 16.2. The molecule has 8 heteroatoms. The van der Waals surface area contributed by atoms with Crippen LogP contribution in [0.15, 0.2) is 39.5 Å². The zero-order valence-electron chi connectivity index (χ0n) is 18.1. The van der Waals surface area contributed by atoms with Crippen LogP contribution in [0.4, 0.5) is 0 Å². The molecule has 8 nitrogen and oxygen atoms in total. The molecular formula is C24H23NO7. The number of rotatable bonds is 3. The number of aryl methyl sites for hydroxylation is 1. The molecule has 2 aliphatic heterocycles. The SMILES string of the molecule is COC(=O)[C@H](C)N1COc2ccc3c(=O)c(-c4ccc5c(c4)OCCO5)c(C)oc3c2C1. The molecule has 0 saturated carbocycles. The van der Waals surface area contributed by atoms with E-state index in [0.717, 1.165) is 5.56 Å². The van der Waals surface area contributed by atoms with Crippen molar-refractivity contribution < 1.29 is 28.2 Å². The molecule has 3 heterocycles. The Bertz CT molecular complexity index is 1280. The van der Waals surface area contributed by atoms with Gasteiger partial charge in [0.25, 0.3) is 0 Å². The topological polar surface area (TPSA) is 87.4 Å². The van der Waals surface area contributed by atoms with Crippen molar-refractivity contribution in [3.8, 4) is 28.4 Å². The van der Waals surface area contributed by atoms with Gasteiger partial charge in [0, 0.05) is 6.54 Å². The Morgan fingerprint density at radius 1 is 1.06 bits per heavy atom. The number of hydrogen-bond donors (Lipinski definition) is 0. The van der Waals surface area contributed by atoms with Crippen molar-refractivity contribution in [2.24, 2.45) is 0 Å². The quantitative estimate of drug-likeness (QED) is 0.577. The standard InChI is InChI=1S/C24H23NO7/c1-13(24(27)28-3)25-11-17-18(31-12-25)7-5-16-22(26)21(14(2)32-23(16)17)15-4-6-19-20(10-15)30-9-8-29-19/h4-7,10,13H,8-9,11-12H2,1-3H3/t13-/m0/s1. The maximum atomic E-state index is 13.5. The second kappa shape index (κ2) is 7.87. The van der Waals surface area contributed by atoms with E-state index < -0.39 is 6.04 Å². The first-order valence-corrected chi connectivity index (χ1v) is 10.4. The van der Waals surface area contributed by atoms with Crippen LogP contribution in [0.5, 0.6) is 17.2 Å². The number of carbonyl (C=O) groups excluding carboxylic acids is 1. The summed E-state index contributed by atoms with van der Waals surface area (Å²) < 4.78 is 28.1. The smallest absolute Gasteiger partial charge is 0.322 e. The van der Waals surface area contributed by atoms with E-state index in [2.05, 4.69) is 0 Å². The van der Waals surface area contributed by atoms with Gasteiger partial charge in [-0.15, -0.1) is 0 Å². The molecule has 32 heavy (non-hydrogen) atoms. The summed E-state index contributed by atoms with van der Waals surface area (Å²) in [5, 5.41) is 0.454. The van der Waals surface area contributed by atoms with Crippen LogP contribution in [0.1, 0.15) is 18.2 Å². The number of hydrogen-bond acceptors (Lipinski definition) is 8. The van der Waals surface area contributed by atoms with Crippen LogP contribution >= 0.6 is 0 Å². The van der Waals surface area contributed by atoms with Gasteiger partial charge in [-0.1, -0.05) is 6.07 Å². The first kappa shape index (κ1) is 20.4. The summed E-state index contributed by atoms with van der Waals surface area (Å²) in [5.74, 6) is 2.05. The summed E-state index contributed by atoms with van der Waals surface area (Å²) in [6, 6.07) is 8.45. The Morgan fingerprint density at radius 3 is 2.59 bits per heavy atom. The molecule has 5 rings (SSSR count). The highest BCUT2D eigenvalue weighted by Crippen LogP contribution is 2.37. The lowest BCUT2D eigenvalue weighted by Crippen LogP contribution is -2.43. The molecule has 0 N–H and O–H groups in total. The van der Waals surface area contributed by atoms with Crippen LogP contribution < -0.4 is 19.6 Å². The second-order valence-corrected chi connectivity index (χ2v) is 7.86. The van der Waals surface area contributed by atoms with Crippen molar-refractivity contribution in [2.45, 2.75) is 26.4 Å². The lowest BCUT2D eigenvalue weighted by molar-refractivity contribution is -0.148. The molecule has 0 radical (unpaired) electrons. The minimum absolute atomic E-state index is 0.138. The van der Waals surface area contributed by atoms with Crippen LogP contribution in [0.3, 0.4) is 0 Å². The van der Waals surface area contributed by atoms with Crippen molar-refractivity contribution in [1.29, 1.82) is 0 Å². The van der Waals surface area contributed by atoms with E-state index >= 15 is 0 Å². The Labute approximate surface area is 184 Å². The highest BCUT2D eigenvalue weighted by Gasteiger charge is 2.30. The Hall–Kier alpha value is -3.52. The van der Waals surface area contributed by atoms with E-state index in [1.54, 1.807) is 38.1 Å². The van der Waals surface area contributed by atoms with Crippen molar-refractivity contribution >= 4 is 16.9 Å². The van der Waals surface area contributed by atoms with E-state index in [0.29, 0.717) is 64.9 Å². The fourth-order valence-electron chi connectivity index (χ4n) is 4.19. The summed E-state index contributed by atoms with van der Waals surface area (Å²) in [6.07, 6.45) is 0. The zero-order valence-corrected chi connectivity index (χ0v) is 18.1. The molecule has 0 spiro atoms. The average molecular weight is 437 g/mol. The summed E-state index contributed by atoms with van der Waals surface area (Å²) in [6.45, 7) is 5.14. The van der Waals surface area contributed by atoms with Crippen LogP contribution in [0.2, 0.25) is 0 Å². The third kappa shape index (κ3) is 3.27. The van der Waals surface area contributed by atoms with Gasteiger partial charge in [-0.2, -0.15) is 0 Å². The average Bonchev–Trinajstić information content (AvgIpc) is 2.82. The highest BCUT2D eigenvalue weighted by atomic mass is 16.6. The van der Waals surface area contributed by atoms with Gasteiger partial charge >= 0.3 is 5.97 Å². The number of benzene rings is 2. The fraction of sp³-hybridized carbons (Fsp3) is 0.333. The number of methoxy groups -OCH3 is 1. The Morgan fingerprint density at radius 2 is 1.81 bits per heavy atom. The molecule has 2 aromatic carbocycles. The van der Waals surface area contributed by atoms with Crippen molar-refractivity contribution in [1.82, 2.24) is 4.90 Å². The predicted molar refractivity (Wildman–Crippen MR) is 116 cm³/mol. The van der Waals surface area contributed by atoms with E-state index in [1.165, 1.54) is 7.11 Å². The van der Waals surface area contributed by atoms with Gasteiger partial charge in [0.05, 0.1) is 23.6 Å². The number of fused-ring (bicyclic) bond motifs is 4. The first-order chi connectivity index (χ1) is 15.5. The molecule has 0 aliphatic carbocycles. The molecule has 2 aliphatic rings. The maximum absolute atomic E-state index is 13.5. The molecule has 0 saturated heterocycles. The van der Waals surface area contributed by atoms with Gasteiger partial charge in [-0.3, -0.25) is 14.5 Å². The van der Waals surface area contributed by atoms with Gasteiger partial charge < -0.3 is 23.4 Å². The van der Waals surface area contributed by atoms with E-state index in [-0.39, 0.29) is 18.1 Å². The number of ether oxygens (including phenoxy) is 4. The summed E-state index contributed by atoms with van der Waals surface area (Å²) >= 11 is 0. The number of nitrogens with zero attached hydrogens (tertiary/aromatic N) is 1. The summed E-state index contributed by atoms with van der Waals surface area (Å²) in [7, 11) is 1.36. The van der Waals surface area contributed by atoms with Crippen LogP contribution in [0.25, 0.3) is 22.1 Å². The lowest BCUT2D eigenvalue weighted by Gasteiger charge is -2.32. The minimum atomic E-state index is -0.492. The van der Waals surface area contributed by atoms with Gasteiger partial charge in [-0.05, 0) is 43.7 Å². The van der Waals surface area contributed by atoms with Crippen LogP contribution in [-0.4, -0.2) is 44.0 Å². The van der Waals surface area contributed by atoms with Gasteiger partial charge in [-0.25, -0.2) is 0 Å². The Kier molecular flexibility index (Phi) is 5.01. The molecule has 0 fully saturated rings. The highest BCUT2D eigenvalue weighted by molar-refractivity contribution is 5.87. The first-order valence-electron chi connectivity index (χ1n) is 10.4. The van der Waals surface area contributed by atoms with Crippen molar-refractivity contribution in [3.05, 3.63) is 51.9 Å². The maximum Gasteiger partial charge on any atom is 0.322 e. The van der Waals surface area contributed by atoms with E-state index in [4.69, 9.17) is 23.4 Å². The molecule has 0 bridgehead atoms. The van der Waals surface area contributed by atoms with Crippen molar-refractivity contribution in [3.63, 3.8) is 0 Å². The zero-order chi connectivity index (χ0) is 22.4. The van der Waals surface area contributed by atoms with Crippen LogP contribution in [-0.2, 0) is 16.1 Å². The molecular weight excluding hydrogens is 414 g/mol. The van der Waals surface area contributed by atoms with Gasteiger partial charge in [0.15, 0.2) is 11.5 Å².